The first-order chi connectivity index (χ1) is 12.0. The predicted molar refractivity (Wildman–Crippen MR) is 94.4 cm³/mol. The van der Waals surface area contributed by atoms with Crippen LogP contribution in [0.15, 0.2) is 33.9 Å². The number of allylic oxidation sites excluding steroid dienone is 2. The molecule has 4 unspecified atom stereocenters. The van der Waals surface area contributed by atoms with Gasteiger partial charge in [0.2, 0.25) is 0 Å². The fourth-order valence-corrected chi connectivity index (χ4v) is 4.76. The summed E-state index contributed by atoms with van der Waals surface area (Å²) in [4.78, 5) is 25.2. The van der Waals surface area contributed by atoms with E-state index in [9.17, 15) is 9.59 Å². The Morgan fingerprint density at radius 3 is 2.32 bits per heavy atom. The number of imide groups is 1. The van der Waals surface area contributed by atoms with Crippen LogP contribution in [0.25, 0.3) is 0 Å². The number of hydrogen-bond acceptors (Lipinski definition) is 5. The van der Waals surface area contributed by atoms with Gasteiger partial charge in [-0.1, -0.05) is 12.2 Å². The van der Waals surface area contributed by atoms with Crippen LogP contribution in [0.5, 0.6) is 11.5 Å². The molecule has 4 atom stereocenters. The van der Waals surface area contributed by atoms with E-state index >= 15 is 0 Å². The molecule has 1 saturated carbocycles. The fourth-order valence-electron chi connectivity index (χ4n) is 4.14. The molecule has 25 heavy (non-hydrogen) atoms. The van der Waals surface area contributed by atoms with E-state index in [1.165, 1.54) is 6.21 Å². The van der Waals surface area contributed by atoms with Crippen molar-refractivity contribution in [1.29, 1.82) is 0 Å². The number of halogens is 1. The Bertz CT molecular complexity index is 790. The van der Waals surface area contributed by atoms with Crippen molar-refractivity contribution in [2.45, 2.75) is 6.42 Å². The third kappa shape index (κ3) is 2.40. The number of methoxy groups -OCH3 is 2. The van der Waals surface area contributed by atoms with Gasteiger partial charge in [-0.3, -0.25) is 9.59 Å². The van der Waals surface area contributed by atoms with Crippen molar-refractivity contribution in [2.75, 3.05) is 14.2 Å². The van der Waals surface area contributed by atoms with Crippen LogP contribution in [0, 0.1) is 23.7 Å². The average Bonchev–Trinajstić information content (AvgIpc) is 3.27. The Morgan fingerprint density at radius 2 is 1.76 bits per heavy atom. The summed E-state index contributed by atoms with van der Waals surface area (Å²) in [7, 11) is 3.10. The zero-order valence-electron chi connectivity index (χ0n) is 13.8. The number of amides is 2. The van der Waals surface area contributed by atoms with Crippen LogP contribution in [0.1, 0.15) is 12.0 Å². The first kappa shape index (κ1) is 16.3. The molecule has 2 fully saturated rings. The molecule has 0 N–H and O–H groups in total. The lowest BCUT2D eigenvalue weighted by atomic mass is 9.85. The highest BCUT2D eigenvalue weighted by Crippen LogP contribution is 2.52. The van der Waals surface area contributed by atoms with Gasteiger partial charge in [-0.15, -0.1) is 0 Å². The summed E-state index contributed by atoms with van der Waals surface area (Å²) in [5.74, 6) is 0.615. The lowest BCUT2D eigenvalue weighted by molar-refractivity contribution is -0.140. The van der Waals surface area contributed by atoms with Gasteiger partial charge in [-0.05, 0) is 51.9 Å². The van der Waals surface area contributed by atoms with Gasteiger partial charge in [0.15, 0.2) is 11.5 Å². The molecule has 0 spiro atoms. The van der Waals surface area contributed by atoms with E-state index in [-0.39, 0.29) is 35.5 Å². The SMILES string of the molecule is COc1cc(C=NN2C(=O)C3C4C=CC(C4)C3C2=O)cc(Br)c1OC. The standard InChI is InChI=1S/C18H17BrN2O4/c1-24-13-6-9(5-12(19)16(13)25-2)8-20-21-17(22)14-10-3-4-11(7-10)15(14)18(21)23/h3-6,8,10-11,14-15H,7H2,1-2H3. The molecule has 2 amide bonds. The lowest BCUT2D eigenvalue weighted by Gasteiger charge is -2.13. The van der Waals surface area contributed by atoms with Crippen LogP contribution in [-0.2, 0) is 9.59 Å². The van der Waals surface area contributed by atoms with Crippen LogP contribution < -0.4 is 9.47 Å². The second kappa shape index (κ2) is 5.98. The van der Waals surface area contributed by atoms with Crippen LogP contribution in [-0.4, -0.2) is 37.3 Å². The van der Waals surface area contributed by atoms with Gasteiger partial charge in [0.05, 0.1) is 36.7 Å². The minimum Gasteiger partial charge on any atom is -0.493 e. The Labute approximate surface area is 153 Å². The molecule has 7 heteroatoms. The molecule has 0 radical (unpaired) electrons. The molecule has 1 aromatic rings. The maximum Gasteiger partial charge on any atom is 0.254 e. The third-order valence-corrected chi connectivity index (χ3v) is 5.81. The smallest absolute Gasteiger partial charge is 0.254 e. The molecular weight excluding hydrogens is 388 g/mol. The van der Waals surface area contributed by atoms with Crippen LogP contribution in [0.2, 0.25) is 0 Å². The monoisotopic (exact) mass is 404 g/mol. The molecule has 6 nitrogen and oxygen atoms in total. The number of carbonyl (C=O) groups excluding carboxylic acids is 2. The van der Waals surface area contributed by atoms with E-state index < -0.39 is 0 Å². The van der Waals surface area contributed by atoms with E-state index in [1.807, 2.05) is 0 Å². The zero-order valence-corrected chi connectivity index (χ0v) is 15.4. The average molecular weight is 405 g/mol. The summed E-state index contributed by atoms with van der Waals surface area (Å²) in [6, 6.07) is 3.53. The Kier molecular flexibility index (Phi) is 3.91. The van der Waals surface area contributed by atoms with Gasteiger partial charge < -0.3 is 9.47 Å². The third-order valence-electron chi connectivity index (χ3n) is 5.23. The molecule has 130 valence electrons. The second-order valence-corrected chi connectivity index (χ2v) is 7.33. The first-order valence-electron chi connectivity index (χ1n) is 8.06. The summed E-state index contributed by atoms with van der Waals surface area (Å²) in [6.07, 6.45) is 6.54. The summed E-state index contributed by atoms with van der Waals surface area (Å²) in [5.41, 5.74) is 0.697. The van der Waals surface area contributed by atoms with Crippen LogP contribution in [0.3, 0.4) is 0 Å². The number of nitrogens with zero attached hydrogens (tertiary/aromatic N) is 2. The molecule has 1 heterocycles. The second-order valence-electron chi connectivity index (χ2n) is 6.47. The highest BCUT2D eigenvalue weighted by Gasteiger charge is 2.59. The van der Waals surface area contributed by atoms with Crippen molar-refractivity contribution in [1.82, 2.24) is 5.01 Å². The van der Waals surface area contributed by atoms with E-state index in [1.54, 1.807) is 26.4 Å². The normalized spacial score (nSPS) is 29.8. The highest BCUT2D eigenvalue weighted by atomic mass is 79.9. The summed E-state index contributed by atoms with van der Waals surface area (Å²) in [5, 5.41) is 5.20. The number of hydrogen-bond donors (Lipinski definition) is 0. The molecule has 1 saturated heterocycles. The van der Waals surface area contributed by atoms with Gasteiger partial charge in [0, 0.05) is 0 Å². The Hall–Kier alpha value is -2.15. The van der Waals surface area contributed by atoms with E-state index in [2.05, 4.69) is 33.2 Å². The van der Waals surface area contributed by atoms with Gasteiger partial charge in [0.1, 0.15) is 0 Å². The first-order valence-corrected chi connectivity index (χ1v) is 8.86. The van der Waals surface area contributed by atoms with Crippen molar-refractivity contribution in [3.05, 3.63) is 34.3 Å². The minimum atomic E-state index is -0.239. The number of carbonyl (C=O) groups is 2. The van der Waals surface area contributed by atoms with Gasteiger partial charge in [-0.25, -0.2) is 0 Å². The van der Waals surface area contributed by atoms with Crippen LogP contribution in [0.4, 0.5) is 0 Å². The largest absolute Gasteiger partial charge is 0.493 e. The molecule has 1 aliphatic heterocycles. The molecule has 4 rings (SSSR count). The topological polar surface area (TPSA) is 68.2 Å². The maximum atomic E-state index is 12.6. The predicted octanol–water partition coefficient (Wildman–Crippen LogP) is 2.61. The molecule has 3 aliphatic rings. The van der Waals surface area contributed by atoms with Crippen molar-refractivity contribution in [3.8, 4) is 11.5 Å². The number of rotatable bonds is 4. The van der Waals surface area contributed by atoms with Gasteiger partial charge in [0.25, 0.3) is 11.8 Å². The van der Waals surface area contributed by atoms with Crippen molar-refractivity contribution in [3.63, 3.8) is 0 Å². The Balaban J connectivity index is 1.60. The minimum absolute atomic E-state index is 0.182. The van der Waals surface area contributed by atoms with Gasteiger partial charge in [-0.2, -0.15) is 10.1 Å². The maximum absolute atomic E-state index is 12.6. The molecule has 2 aliphatic carbocycles. The molecule has 0 aromatic heterocycles. The van der Waals surface area contributed by atoms with Gasteiger partial charge >= 0.3 is 0 Å². The van der Waals surface area contributed by atoms with Crippen LogP contribution >= 0.6 is 15.9 Å². The molecule has 2 bridgehead atoms. The fraction of sp³-hybridized carbons (Fsp3) is 0.389. The number of ether oxygens (including phenoxy) is 2. The number of benzene rings is 1. The number of fused-ring (bicyclic) bond motifs is 5. The van der Waals surface area contributed by atoms with E-state index in [4.69, 9.17) is 9.47 Å². The highest BCUT2D eigenvalue weighted by molar-refractivity contribution is 9.10. The molecular formula is C18H17BrN2O4. The quantitative estimate of drug-likeness (QED) is 0.439. The number of hydrazone groups is 1. The van der Waals surface area contributed by atoms with Crippen molar-refractivity contribution < 1.29 is 19.1 Å². The lowest BCUT2D eigenvalue weighted by Crippen LogP contribution is -2.28. The summed E-state index contributed by atoms with van der Waals surface area (Å²) < 4.78 is 11.3. The van der Waals surface area contributed by atoms with Crippen molar-refractivity contribution >= 4 is 34.0 Å². The zero-order chi connectivity index (χ0) is 17.7. The molecule has 1 aromatic carbocycles. The van der Waals surface area contributed by atoms with E-state index in [0.29, 0.717) is 21.5 Å². The Morgan fingerprint density at radius 1 is 1.12 bits per heavy atom. The van der Waals surface area contributed by atoms with E-state index in [0.717, 1.165) is 11.4 Å². The van der Waals surface area contributed by atoms with Crippen molar-refractivity contribution in [2.24, 2.45) is 28.8 Å². The summed E-state index contributed by atoms with van der Waals surface area (Å²) >= 11 is 3.42. The summed E-state index contributed by atoms with van der Waals surface area (Å²) in [6.45, 7) is 0.